The van der Waals surface area contributed by atoms with E-state index in [9.17, 15) is 9.59 Å². The van der Waals surface area contributed by atoms with Crippen molar-refractivity contribution >= 4 is 41.3 Å². The van der Waals surface area contributed by atoms with Gasteiger partial charge in [-0.25, -0.2) is 0 Å². The third-order valence-electron chi connectivity index (χ3n) is 5.29. The molecule has 0 unspecified atom stereocenters. The van der Waals surface area contributed by atoms with Crippen molar-refractivity contribution in [2.24, 2.45) is 5.92 Å². The van der Waals surface area contributed by atoms with Crippen molar-refractivity contribution < 1.29 is 9.59 Å². The van der Waals surface area contributed by atoms with E-state index in [0.717, 1.165) is 11.4 Å². The van der Waals surface area contributed by atoms with E-state index >= 15 is 0 Å². The molecule has 6 nitrogen and oxygen atoms in total. The number of rotatable bonds is 4. The molecule has 0 saturated carbocycles. The summed E-state index contributed by atoms with van der Waals surface area (Å²) in [6.07, 6.45) is 4.88. The summed E-state index contributed by atoms with van der Waals surface area (Å²) in [5.74, 6) is -0.178. The van der Waals surface area contributed by atoms with E-state index in [4.69, 9.17) is 23.8 Å². The van der Waals surface area contributed by atoms with Crippen LogP contribution in [0.4, 0.5) is 5.69 Å². The average molecular weight is 441 g/mol. The Morgan fingerprint density at radius 2 is 1.83 bits per heavy atom. The van der Waals surface area contributed by atoms with Gasteiger partial charge in [-0.05, 0) is 67.5 Å². The van der Waals surface area contributed by atoms with Crippen LogP contribution in [0.3, 0.4) is 0 Å². The number of anilines is 1. The highest BCUT2D eigenvalue weighted by atomic mass is 35.5. The van der Waals surface area contributed by atoms with Crippen molar-refractivity contribution in [1.29, 1.82) is 0 Å². The Hall–Kier alpha value is -2.90. The van der Waals surface area contributed by atoms with Gasteiger partial charge in [0.2, 0.25) is 5.91 Å². The topological polar surface area (TPSA) is 70.1 Å². The monoisotopic (exact) mass is 440 g/mol. The molecule has 2 aromatic carbocycles. The molecule has 1 saturated heterocycles. The second kappa shape index (κ2) is 8.85. The molecule has 0 radical (unpaired) electrons. The van der Waals surface area contributed by atoms with Crippen molar-refractivity contribution in [2.45, 2.75) is 12.8 Å². The van der Waals surface area contributed by atoms with Gasteiger partial charge in [-0.2, -0.15) is 0 Å². The fraction of sp³-hybridized carbons (Fsp3) is 0.227. The van der Waals surface area contributed by atoms with Gasteiger partial charge in [0.15, 0.2) is 4.77 Å². The molecule has 0 bridgehead atoms. The Labute approximate surface area is 184 Å². The van der Waals surface area contributed by atoms with Crippen LogP contribution in [0.1, 0.15) is 23.2 Å². The molecule has 1 aliphatic rings. The number of hydrogen-bond donors (Lipinski definition) is 2. The second-order valence-corrected chi connectivity index (χ2v) is 8.07. The number of nitrogens with one attached hydrogen (secondary N) is 2. The van der Waals surface area contributed by atoms with Crippen LogP contribution in [-0.2, 0) is 4.79 Å². The summed E-state index contributed by atoms with van der Waals surface area (Å²) in [5, 5.41) is 3.60. The zero-order valence-corrected chi connectivity index (χ0v) is 17.7. The van der Waals surface area contributed by atoms with Gasteiger partial charge >= 0.3 is 0 Å². The summed E-state index contributed by atoms with van der Waals surface area (Å²) in [5.41, 5.74) is 2.21. The van der Waals surface area contributed by atoms with E-state index < -0.39 is 0 Å². The van der Waals surface area contributed by atoms with E-state index in [1.807, 2.05) is 35.0 Å². The summed E-state index contributed by atoms with van der Waals surface area (Å²) >= 11 is 11.1. The quantitative estimate of drug-likeness (QED) is 0.579. The predicted octanol–water partition coefficient (Wildman–Crippen LogP) is 4.68. The lowest BCUT2D eigenvalue weighted by atomic mass is 9.95. The Balaban J connectivity index is 1.36. The fourth-order valence-electron chi connectivity index (χ4n) is 3.62. The van der Waals surface area contributed by atoms with Crippen molar-refractivity contribution in [3.05, 3.63) is 76.3 Å². The van der Waals surface area contributed by atoms with Crippen LogP contribution in [0.2, 0.25) is 5.02 Å². The third kappa shape index (κ3) is 4.47. The van der Waals surface area contributed by atoms with Crippen molar-refractivity contribution in [3.63, 3.8) is 0 Å². The normalized spacial score (nSPS) is 14.5. The lowest BCUT2D eigenvalue weighted by Gasteiger charge is -2.31. The molecule has 0 atom stereocenters. The largest absolute Gasteiger partial charge is 0.339 e. The zero-order valence-electron chi connectivity index (χ0n) is 16.2. The Bertz CT molecular complexity index is 1110. The predicted molar refractivity (Wildman–Crippen MR) is 120 cm³/mol. The van der Waals surface area contributed by atoms with Gasteiger partial charge in [0.25, 0.3) is 5.91 Å². The van der Waals surface area contributed by atoms with Crippen LogP contribution in [0.5, 0.6) is 0 Å². The summed E-state index contributed by atoms with van der Waals surface area (Å²) in [6, 6.07) is 14.4. The number of piperidine rings is 1. The molecule has 154 valence electrons. The number of aromatic nitrogens is 2. The molecule has 0 spiro atoms. The van der Waals surface area contributed by atoms with Gasteiger partial charge in [-0.3, -0.25) is 14.2 Å². The molecule has 1 aliphatic heterocycles. The number of aromatic amines is 1. The Morgan fingerprint density at radius 3 is 2.50 bits per heavy atom. The first-order valence-corrected chi connectivity index (χ1v) is 10.5. The molecular formula is C22H21ClN4O2S. The van der Waals surface area contributed by atoms with Crippen LogP contribution in [0.25, 0.3) is 5.69 Å². The number of nitrogens with zero attached hydrogens (tertiary/aromatic N) is 2. The van der Waals surface area contributed by atoms with Gasteiger partial charge in [0, 0.05) is 53.4 Å². The van der Waals surface area contributed by atoms with E-state index in [0.29, 0.717) is 41.3 Å². The standard InChI is InChI=1S/C22H21ClN4O2S/c23-17-6-4-16(5-7-17)21(29)26-11-8-15(9-12-26)20(28)25-18-2-1-3-19(14-18)27-13-10-24-22(27)30/h1-7,10,13-15H,8-9,11-12H2,(H,24,30)(H,25,28). The molecule has 0 aliphatic carbocycles. The van der Waals surface area contributed by atoms with Gasteiger partial charge in [0.1, 0.15) is 0 Å². The lowest BCUT2D eigenvalue weighted by Crippen LogP contribution is -2.41. The number of amides is 2. The first-order valence-electron chi connectivity index (χ1n) is 9.73. The minimum atomic E-state index is -0.127. The van der Waals surface area contributed by atoms with E-state index in [-0.39, 0.29) is 17.7 Å². The second-order valence-electron chi connectivity index (χ2n) is 7.25. The molecule has 30 heavy (non-hydrogen) atoms. The van der Waals surface area contributed by atoms with Crippen LogP contribution in [-0.4, -0.2) is 39.4 Å². The van der Waals surface area contributed by atoms with E-state index in [2.05, 4.69) is 10.3 Å². The molecule has 1 aromatic heterocycles. The number of likely N-dealkylation sites (tertiary alicyclic amines) is 1. The average Bonchev–Trinajstić information content (AvgIpc) is 3.20. The van der Waals surface area contributed by atoms with Crippen LogP contribution in [0, 0.1) is 10.7 Å². The molecule has 4 rings (SSSR count). The van der Waals surface area contributed by atoms with Gasteiger partial charge in [-0.15, -0.1) is 0 Å². The summed E-state index contributed by atoms with van der Waals surface area (Å²) < 4.78 is 2.43. The number of benzene rings is 2. The van der Waals surface area contributed by atoms with Crippen LogP contribution < -0.4 is 5.32 Å². The van der Waals surface area contributed by atoms with Gasteiger partial charge in [-0.1, -0.05) is 17.7 Å². The van der Waals surface area contributed by atoms with Crippen LogP contribution >= 0.6 is 23.8 Å². The maximum atomic E-state index is 12.8. The number of H-pyrrole nitrogens is 1. The lowest BCUT2D eigenvalue weighted by molar-refractivity contribution is -0.121. The highest BCUT2D eigenvalue weighted by Crippen LogP contribution is 2.22. The zero-order chi connectivity index (χ0) is 21.1. The summed E-state index contributed by atoms with van der Waals surface area (Å²) in [6.45, 7) is 1.11. The van der Waals surface area contributed by atoms with Crippen molar-refractivity contribution in [2.75, 3.05) is 18.4 Å². The SMILES string of the molecule is O=C(Nc1cccc(-n2cc[nH]c2=S)c1)C1CCN(C(=O)c2ccc(Cl)cc2)CC1. The van der Waals surface area contributed by atoms with Crippen molar-refractivity contribution in [3.8, 4) is 5.69 Å². The first kappa shape index (κ1) is 20.4. The summed E-state index contributed by atoms with van der Waals surface area (Å²) in [7, 11) is 0. The van der Waals surface area contributed by atoms with Gasteiger partial charge < -0.3 is 15.2 Å². The summed E-state index contributed by atoms with van der Waals surface area (Å²) in [4.78, 5) is 30.1. The van der Waals surface area contributed by atoms with Crippen LogP contribution in [0.15, 0.2) is 60.9 Å². The number of carbonyl (C=O) groups is 2. The molecule has 2 amide bonds. The number of hydrogen-bond acceptors (Lipinski definition) is 3. The highest BCUT2D eigenvalue weighted by Gasteiger charge is 2.28. The maximum absolute atomic E-state index is 12.8. The van der Waals surface area contributed by atoms with E-state index in [1.54, 1.807) is 35.4 Å². The highest BCUT2D eigenvalue weighted by molar-refractivity contribution is 7.71. The molecule has 1 fully saturated rings. The molecular weight excluding hydrogens is 420 g/mol. The molecule has 2 N–H and O–H groups in total. The number of halogens is 1. The third-order valence-corrected chi connectivity index (χ3v) is 5.85. The number of imidazole rings is 1. The Kier molecular flexibility index (Phi) is 6.01. The minimum absolute atomic E-state index is 0.0246. The molecule has 3 aromatic rings. The molecule has 2 heterocycles. The number of carbonyl (C=O) groups excluding carboxylic acids is 2. The molecule has 8 heteroatoms. The first-order chi connectivity index (χ1) is 14.5. The maximum Gasteiger partial charge on any atom is 0.253 e. The van der Waals surface area contributed by atoms with Gasteiger partial charge in [0.05, 0.1) is 0 Å². The smallest absolute Gasteiger partial charge is 0.253 e. The van der Waals surface area contributed by atoms with Crippen molar-refractivity contribution in [1.82, 2.24) is 14.5 Å². The minimum Gasteiger partial charge on any atom is -0.339 e. The Morgan fingerprint density at radius 1 is 1.10 bits per heavy atom. The van der Waals surface area contributed by atoms with E-state index in [1.165, 1.54) is 0 Å². The fourth-order valence-corrected chi connectivity index (χ4v) is 3.98.